The Morgan fingerprint density at radius 1 is 1.56 bits per heavy atom. The van der Waals surface area contributed by atoms with E-state index in [4.69, 9.17) is 4.42 Å². The first kappa shape index (κ1) is 11.9. The Bertz CT molecular complexity index is 517. The van der Waals surface area contributed by atoms with Crippen LogP contribution in [0, 0.1) is 6.92 Å². The zero-order valence-corrected chi connectivity index (χ0v) is 11.4. The first-order valence-corrected chi connectivity index (χ1v) is 7.41. The predicted molar refractivity (Wildman–Crippen MR) is 72.9 cm³/mol. The number of nitrogens with one attached hydrogen (secondary N) is 1. The van der Waals surface area contributed by atoms with Crippen LogP contribution in [0.1, 0.15) is 40.9 Å². The number of hydrogen-bond donors (Lipinski definition) is 1. The summed E-state index contributed by atoms with van der Waals surface area (Å²) >= 11 is 1.73. The Balaban J connectivity index is 1.55. The van der Waals surface area contributed by atoms with Gasteiger partial charge in [-0.25, -0.2) is 4.98 Å². The van der Waals surface area contributed by atoms with E-state index in [2.05, 4.69) is 28.7 Å². The van der Waals surface area contributed by atoms with Gasteiger partial charge in [-0.1, -0.05) is 0 Å². The summed E-state index contributed by atoms with van der Waals surface area (Å²) in [7, 11) is 0. The summed E-state index contributed by atoms with van der Waals surface area (Å²) in [6, 6.07) is 2.58. The van der Waals surface area contributed by atoms with Crippen LogP contribution < -0.4 is 5.32 Å². The molecule has 4 heteroatoms. The summed E-state index contributed by atoms with van der Waals surface area (Å²) in [6.07, 6.45) is 6.34. The van der Waals surface area contributed by atoms with Crippen molar-refractivity contribution in [3.8, 4) is 0 Å². The fourth-order valence-electron chi connectivity index (χ4n) is 2.60. The van der Waals surface area contributed by atoms with E-state index in [0.717, 1.165) is 24.4 Å². The molecule has 3 nitrogen and oxygen atoms in total. The molecule has 0 amide bonds. The number of thiazole rings is 1. The lowest BCUT2D eigenvalue weighted by molar-refractivity contribution is 0.413. The van der Waals surface area contributed by atoms with Gasteiger partial charge in [0.15, 0.2) is 0 Å². The lowest BCUT2D eigenvalue weighted by atomic mass is 9.93. The minimum atomic E-state index is 0.465. The van der Waals surface area contributed by atoms with Gasteiger partial charge in [-0.05, 0) is 25.8 Å². The van der Waals surface area contributed by atoms with Crippen LogP contribution in [-0.2, 0) is 12.8 Å². The molecule has 0 saturated heterocycles. The Labute approximate surface area is 111 Å². The topological polar surface area (TPSA) is 38.1 Å². The quantitative estimate of drug-likeness (QED) is 0.919. The van der Waals surface area contributed by atoms with Crippen molar-refractivity contribution in [2.45, 2.75) is 38.6 Å². The largest absolute Gasteiger partial charge is 0.469 e. The minimum absolute atomic E-state index is 0.465. The summed E-state index contributed by atoms with van der Waals surface area (Å²) in [6.45, 7) is 3.04. The van der Waals surface area contributed by atoms with Gasteiger partial charge in [0, 0.05) is 36.4 Å². The van der Waals surface area contributed by atoms with E-state index in [9.17, 15) is 0 Å². The van der Waals surface area contributed by atoms with E-state index >= 15 is 0 Å². The van der Waals surface area contributed by atoms with Gasteiger partial charge in [-0.2, -0.15) is 0 Å². The van der Waals surface area contributed by atoms with E-state index in [1.54, 1.807) is 11.3 Å². The van der Waals surface area contributed by atoms with Gasteiger partial charge in [-0.3, -0.25) is 0 Å². The summed E-state index contributed by atoms with van der Waals surface area (Å²) in [5, 5.41) is 6.93. The van der Waals surface area contributed by atoms with Gasteiger partial charge in [0.2, 0.25) is 0 Å². The predicted octanol–water partition coefficient (Wildman–Crippen LogP) is 3.25. The zero-order valence-electron chi connectivity index (χ0n) is 10.6. The molecule has 0 bridgehead atoms. The first-order valence-electron chi connectivity index (χ1n) is 6.53. The second kappa shape index (κ2) is 5.24. The third-order valence-corrected chi connectivity index (χ3v) is 4.31. The van der Waals surface area contributed by atoms with Crippen LogP contribution in [0.15, 0.2) is 22.1 Å². The lowest BCUT2D eigenvalue weighted by Crippen LogP contribution is -2.26. The van der Waals surface area contributed by atoms with Crippen molar-refractivity contribution in [1.29, 1.82) is 0 Å². The van der Waals surface area contributed by atoms with E-state index < -0.39 is 0 Å². The van der Waals surface area contributed by atoms with E-state index in [-0.39, 0.29) is 0 Å². The van der Waals surface area contributed by atoms with Crippen LogP contribution in [0.3, 0.4) is 0 Å². The van der Waals surface area contributed by atoms with Gasteiger partial charge in [-0.15, -0.1) is 11.3 Å². The van der Waals surface area contributed by atoms with Gasteiger partial charge in [0.1, 0.15) is 5.76 Å². The van der Waals surface area contributed by atoms with Crippen molar-refractivity contribution in [3.05, 3.63) is 39.7 Å². The van der Waals surface area contributed by atoms with Crippen LogP contribution >= 0.6 is 11.3 Å². The summed E-state index contributed by atoms with van der Waals surface area (Å²) in [5.74, 6) is 1.17. The molecule has 0 aliphatic heterocycles. The number of hydrogen-bond acceptors (Lipinski definition) is 4. The Hall–Kier alpha value is -1.13. The molecule has 0 spiro atoms. The smallest absolute Gasteiger partial charge is 0.108 e. The Morgan fingerprint density at radius 3 is 3.33 bits per heavy atom. The number of furan rings is 1. The minimum Gasteiger partial charge on any atom is -0.469 e. The third kappa shape index (κ3) is 2.49. The number of nitrogens with zero attached hydrogens (tertiary/aromatic N) is 1. The van der Waals surface area contributed by atoms with Crippen molar-refractivity contribution in [1.82, 2.24) is 10.3 Å². The molecule has 1 N–H and O–H groups in total. The second-order valence-electron chi connectivity index (χ2n) is 4.81. The van der Waals surface area contributed by atoms with E-state index in [1.807, 2.05) is 6.26 Å². The highest BCUT2D eigenvalue weighted by Gasteiger charge is 2.21. The number of aromatic nitrogens is 1. The lowest BCUT2D eigenvalue weighted by Gasteiger charge is -2.22. The molecule has 0 aromatic carbocycles. The highest BCUT2D eigenvalue weighted by atomic mass is 32.1. The SMILES string of the molecule is Cc1nc(CCNC2CCCc3occc32)cs1. The number of rotatable bonds is 4. The highest BCUT2D eigenvalue weighted by molar-refractivity contribution is 7.09. The van der Waals surface area contributed by atoms with Crippen LogP contribution in [-0.4, -0.2) is 11.5 Å². The zero-order chi connectivity index (χ0) is 12.4. The Kier molecular flexibility index (Phi) is 3.48. The molecule has 96 valence electrons. The normalized spacial score (nSPS) is 18.8. The van der Waals surface area contributed by atoms with Crippen LogP contribution in [0.25, 0.3) is 0 Å². The monoisotopic (exact) mass is 262 g/mol. The molecule has 0 saturated carbocycles. The maximum atomic E-state index is 5.50. The molecule has 1 unspecified atom stereocenters. The molecule has 1 aliphatic carbocycles. The van der Waals surface area contributed by atoms with Gasteiger partial charge >= 0.3 is 0 Å². The number of aryl methyl sites for hydroxylation is 2. The molecule has 0 radical (unpaired) electrons. The van der Waals surface area contributed by atoms with Crippen LogP contribution in [0.5, 0.6) is 0 Å². The summed E-state index contributed by atoms with van der Waals surface area (Å²) < 4.78 is 5.50. The molecule has 2 aromatic rings. The first-order chi connectivity index (χ1) is 8.83. The molecule has 0 fully saturated rings. The van der Waals surface area contributed by atoms with Crippen LogP contribution in [0.2, 0.25) is 0 Å². The van der Waals surface area contributed by atoms with Crippen LogP contribution in [0.4, 0.5) is 0 Å². The molecule has 1 aliphatic rings. The third-order valence-electron chi connectivity index (χ3n) is 3.49. The fraction of sp³-hybridized carbons (Fsp3) is 0.500. The van der Waals surface area contributed by atoms with Gasteiger partial charge < -0.3 is 9.73 Å². The maximum Gasteiger partial charge on any atom is 0.108 e. The fourth-order valence-corrected chi connectivity index (χ4v) is 3.24. The van der Waals surface area contributed by atoms with Crippen molar-refractivity contribution in [2.24, 2.45) is 0 Å². The van der Waals surface area contributed by atoms with E-state index in [0.29, 0.717) is 6.04 Å². The molecular formula is C14H18N2OS. The second-order valence-corrected chi connectivity index (χ2v) is 5.87. The molecule has 3 rings (SSSR count). The van der Waals surface area contributed by atoms with Crippen molar-refractivity contribution >= 4 is 11.3 Å². The molecular weight excluding hydrogens is 244 g/mol. The van der Waals surface area contributed by atoms with Crippen molar-refractivity contribution in [3.63, 3.8) is 0 Å². The molecule has 2 aromatic heterocycles. The van der Waals surface area contributed by atoms with Gasteiger partial charge in [0.25, 0.3) is 0 Å². The highest BCUT2D eigenvalue weighted by Crippen LogP contribution is 2.30. The van der Waals surface area contributed by atoms with Gasteiger partial charge in [0.05, 0.1) is 17.0 Å². The van der Waals surface area contributed by atoms with Crippen molar-refractivity contribution in [2.75, 3.05) is 6.54 Å². The summed E-state index contributed by atoms with van der Waals surface area (Å²) in [5.41, 5.74) is 2.56. The van der Waals surface area contributed by atoms with E-state index in [1.165, 1.54) is 29.9 Å². The average Bonchev–Trinajstić information content (AvgIpc) is 2.98. The number of fused-ring (bicyclic) bond motifs is 1. The average molecular weight is 262 g/mol. The molecule has 2 heterocycles. The standard InChI is InChI=1S/C14H18N2OS/c1-10-16-11(9-18-10)5-7-15-13-3-2-4-14-12(13)6-8-17-14/h6,8-9,13,15H,2-5,7H2,1H3. The Morgan fingerprint density at radius 2 is 2.50 bits per heavy atom. The summed E-state index contributed by atoms with van der Waals surface area (Å²) in [4.78, 5) is 4.49. The molecule has 18 heavy (non-hydrogen) atoms. The molecule has 1 atom stereocenters. The van der Waals surface area contributed by atoms with Crippen molar-refractivity contribution < 1.29 is 4.42 Å². The maximum absolute atomic E-state index is 5.50.